The van der Waals surface area contributed by atoms with E-state index in [0.29, 0.717) is 10.7 Å². The minimum absolute atomic E-state index is 0.325. The summed E-state index contributed by atoms with van der Waals surface area (Å²) in [6, 6.07) is 0. The van der Waals surface area contributed by atoms with E-state index in [9.17, 15) is 0 Å². The second-order valence-electron chi connectivity index (χ2n) is 4.76. The first-order chi connectivity index (χ1) is 5.88. The first-order valence-electron chi connectivity index (χ1n) is 4.84. The fourth-order valence-electron chi connectivity index (χ4n) is 1.05. The van der Waals surface area contributed by atoms with Crippen LogP contribution in [0, 0.1) is 5.41 Å². The minimum Gasteiger partial charge on any atom is -0.329 e. The Morgan fingerprint density at radius 2 is 1.85 bits per heavy atom. The van der Waals surface area contributed by atoms with E-state index in [1.165, 1.54) is 5.75 Å². The molecule has 0 aromatic rings. The average molecular weight is 204 g/mol. The molecule has 1 unspecified atom stereocenters. The molecule has 0 fully saturated rings. The predicted molar refractivity (Wildman–Crippen MR) is 63.3 cm³/mol. The van der Waals surface area contributed by atoms with Gasteiger partial charge in [-0.25, -0.2) is 0 Å². The first-order valence-corrected chi connectivity index (χ1v) is 5.89. The molecule has 0 aliphatic carbocycles. The summed E-state index contributed by atoms with van der Waals surface area (Å²) >= 11 is 1.99. The third-order valence-corrected chi connectivity index (χ3v) is 3.76. The molecule has 0 aliphatic heterocycles. The quantitative estimate of drug-likeness (QED) is 0.738. The van der Waals surface area contributed by atoms with E-state index in [4.69, 9.17) is 5.73 Å². The summed E-state index contributed by atoms with van der Waals surface area (Å²) in [4.78, 5) is 2.21. The largest absolute Gasteiger partial charge is 0.329 e. The highest BCUT2D eigenvalue weighted by Gasteiger charge is 2.23. The van der Waals surface area contributed by atoms with Crippen molar-refractivity contribution in [1.82, 2.24) is 4.90 Å². The number of nitrogens with two attached hydrogens (primary N) is 1. The SMILES string of the molecule is CN(C)CCSC(CN)C(C)(C)C. The van der Waals surface area contributed by atoms with Crippen molar-refractivity contribution < 1.29 is 0 Å². The molecule has 0 spiro atoms. The van der Waals surface area contributed by atoms with Gasteiger partial charge in [0.05, 0.1) is 0 Å². The molecule has 0 aliphatic rings. The van der Waals surface area contributed by atoms with E-state index in [0.717, 1.165) is 13.1 Å². The summed E-state index contributed by atoms with van der Waals surface area (Å²) in [6.07, 6.45) is 0. The Labute approximate surface area is 87.2 Å². The van der Waals surface area contributed by atoms with E-state index in [1.807, 2.05) is 11.8 Å². The zero-order valence-electron chi connectivity index (χ0n) is 9.63. The van der Waals surface area contributed by atoms with Crippen molar-refractivity contribution in [2.24, 2.45) is 11.1 Å². The zero-order chi connectivity index (χ0) is 10.5. The maximum Gasteiger partial charge on any atom is 0.0219 e. The molecule has 0 aromatic carbocycles. The van der Waals surface area contributed by atoms with Crippen LogP contribution in [-0.2, 0) is 0 Å². The molecule has 0 rings (SSSR count). The molecule has 3 heteroatoms. The molecule has 13 heavy (non-hydrogen) atoms. The topological polar surface area (TPSA) is 29.3 Å². The van der Waals surface area contributed by atoms with Gasteiger partial charge in [-0.15, -0.1) is 0 Å². The lowest BCUT2D eigenvalue weighted by atomic mass is 9.92. The maximum atomic E-state index is 5.74. The van der Waals surface area contributed by atoms with Gasteiger partial charge in [-0.3, -0.25) is 0 Å². The van der Waals surface area contributed by atoms with Crippen LogP contribution >= 0.6 is 11.8 Å². The average Bonchev–Trinajstić information content (AvgIpc) is 1.95. The highest BCUT2D eigenvalue weighted by Crippen LogP contribution is 2.29. The smallest absolute Gasteiger partial charge is 0.0219 e. The fourth-order valence-corrected chi connectivity index (χ4v) is 2.44. The molecule has 0 radical (unpaired) electrons. The van der Waals surface area contributed by atoms with Crippen molar-refractivity contribution >= 4 is 11.8 Å². The van der Waals surface area contributed by atoms with Crippen molar-refractivity contribution in [3.8, 4) is 0 Å². The molecule has 2 N–H and O–H groups in total. The van der Waals surface area contributed by atoms with Crippen LogP contribution in [-0.4, -0.2) is 43.1 Å². The van der Waals surface area contributed by atoms with Crippen LogP contribution in [0.15, 0.2) is 0 Å². The van der Waals surface area contributed by atoms with Crippen LogP contribution in [0.4, 0.5) is 0 Å². The zero-order valence-corrected chi connectivity index (χ0v) is 10.4. The van der Waals surface area contributed by atoms with Crippen molar-refractivity contribution in [1.29, 1.82) is 0 Å². The molecule has 0 heterocycles. The summed E-state index contributed by atoms with van der Waals surface area (Å²) < 4.78 is 0. The number of hydrogen-bond acceptors (Lipinski definition) is 3. The van der Waals surface area contributed by atoms with Crippen LogP contribution in [0.2, 0.25) is 0 Å². The lowest BCUT2D eigenvalue weighted by Gasteiger charge is -2.29. The van der Waals surface area contributed by atoms with Gasteiger partial charge >= 0.3 is 0 Å². The normalized spacial score (nSPS) is 15.0. The van der Waals surface area contributed by atoms with Gasteiger partial charge in [-0.1, -0.05) is 20.8 Å². The van der Waals surface area contributed by atoms with Crippen molar-refractivity contribution in [2.75, 3.05) is 32.9 Å². The molecule has 1 atom stereocenters. The number of nitrogens with zero attached hydrogens (tertiary/aromatic N) is 1. The third kappa shape index (κ3) is 6.36. The summed E-state index contributed by atoms with van der Waals surface area (Å²) in [5.74, 6) is 1.17. The third-order valence-electron chi connectivity index (χ3n) is 2.04. The Bertz CT molecular complexity index is 129. The number of rotatable bonds is 5. The van der Waals surface area contributed by atoms with Crippen molar-refractivity contribution in [2.45, 2.75) is 26.0 Å². The Balaban J connectivity index is 3.73. The van der Waals surface area contributed by atoms with Gasteiger partial charge in [0.1, 0.15) is 0 Å². The summed E-state index contributed by atoms with van der Waals surface area (Å²) in [5, 5.41) is 0.576. The highest BCUT2D eigenvalue weighted by atomic mass is 32.2. The number of hydrogen-bond donors (Lipinski definition) is 1. The lowest BCUT2D eigenvalue weighted by molar-refractivity contribution is 0.396. The maximum absolute atomic E-state index is 5.74. The van der Waals surface area contributed by atoms with Crippen LogP contribution in [0.5, 0.6) is 0 Å². The van der Waals surface area contributed by atoms with Crippen LogP contribution in [0.1, 0.15) is 20.8 Å². The molecule has 0 saturated carbocycles. The van der Waals surface area contributed by atoms with E-state index in [2.05, 4.69) is 39.8 Å². The monoisotopic (exact) mass is 204 g/mol. The van der Waals surface area contributed by atoms with Gasteiger partial charge in [0.2, 0.25) is 0 Å². The van der Waals surface area contributed by atoms with Gasteiger partial charge in [0.25, 0.3) is 0 Å². The van der Waals surface area contributed by atoms with E-state index in [-0.39, 0.29) is 0 Å². The minimum atomic E-state index is 0.325. The molecule has 0 amide bonds. The van der Waals surface area contributed by atoms with Gasteiger partial charge in [-0.2, -0.15) is 11.8 Å². The Kier molecular flexibility index (Phi) is 6.01. The van der Waals surface area contributed by atoms with Crippen molar-refractivity contribution in [3.05, 3.63) is 0 Å². The Hall–Kier alpha value is 0.270. The molecule has 0 aromatic heterocycles. The summed E-state index contributed by atoms with van der Waals surface area (Å²) in [6.45, 7) is 8.69. The summed E-state index contributed by atoms with van der Waals surface area (Å²) in [7, 11) is 4.21. The molecule has 2 nitrogen and oxygen atoms in total. The van der Waals surface area contributed by atoms with Crippen molar-refractivity contribution in [3.63, 3.8) is 0 Å². The Morgan fingerprint density at radius 1 is 1.31 bits per heavy atom. The molecular formula is C10H24N2S. The molecule has 0 saturated heterocycles. The second kappa shape index (κ2) is 5.89. The number of thioether (sulfide) groups is 1. The summed E-state index contributed by atoms with van der Waals surface area (Å²) in [5.41, 5.74) is 6.07. The highest BCUT2D eigenvalue weighted by molar-refractivity contribution is 8.00. The van der Waals surface area contributed by atoms with E-state index >= 15 is 0 Å². The molecule has 0 bridgehead atoms. The van der Waals surface area contributed by atoms with Gasteiger partial charge in [0.15, 0.2) is 0 Å². The van der Waals surface area contributed by atoms with Crippen LogP contribution in [0.25, 0.3) is 0 Å². The second-order valence-corrected chi connectivity index (χ2v) is 6.08. The molecule has 80 valence electrons. The van der Waals surface area contributed by atoms with Crippen LogP contribution in [0.3, 0.4) is 0 Å². The first kappa shape index (κ1) is 13.3. The van der Waals surface area contributed by atoms with Crippen LogP contribution < -0.4 is 5.73 Å². The van der Waals surface area contributed by atoms with E-state index < -0.39 is 0 Å². The van der Waals surface area contributed by atoms with E-state index in [1.54, 1.807) is 0 Å². The fraction of sp³-hybridized carbons (Fsp3) is 1.00. The molecular weight excluding hydrogens is 180 g/mol. The van der Waals surface area contributed by atoms with Gasteiger partial charge < -0.3 is 10.6 Å². The standard InChI is InChI=1S/C10H24N2S/c1-10(2,3)9(8-11)13-7-6-12(4)5/h9H,6-8,11H2,1-5H3. The van der Waals surface area contributed by atoms with Gasteiger partial charge in [-0.05, 0) is 19.5 Å². The lowest BCUT2D eigenvalue weighted by Crippen LogP contribution is -2.32. The predicted octanol–water partition coefficient (Wildman–Crippen LogP) is 1.65. The Morgan fingerprint density at radius 3 is 2.15 bits per heavy atom. The van der Waals surface area contributed by atoms with Gasteiger partial charge in [0, 0.05) is 24.1 Å².